The average Bonchev–Trinajstić information content (AvgIpc) is 2.40. The van der Waals surface area contributed by atoms with Gasteiger partial charge in [0.25, 0.3) is 0 Å². The normalized spacial score (nSPS) is 21.8. The second kappa shape index (κ2) is 4.28. The molecular formula is C15H13BrO. The molecule has 0 heterocycles. The van der Waals surface area contributed by atoms with Crippen molar-refractivity contribution in [2.75, 3.05) is 7.11 Å². The lowest BCUT2D eigenvalue weighted by molar-refractivity contribution is 0.102. The fourth-order valence-electron chi connectivity index (χ4n) is 2.54. The van der Waals surface area contributed by atoms with E-state index in [1.807, 2.05) is 0 Å². The molecule has 86 valence electrons. The number of benzene rings is 2. The first-order chi connectivity index (χ1) is 8.33. The van der Waals surface area contributed by atoms with Crippen LogP contribution in [0.2, 0.25) is 0 Å². The van der Waals surface area contributed by atoms with E-state index in [9.17, 15) is 0 Å². The van der Waals surface area contributed by atoms with Crippen LogP contribution in [0.25, 0.3) is 11.1 Å². The number of rotatable bonds is 1. The molecule has 2 aromatic carbocycles. The van der Waals surface area contributed by atoms with Gasteiger partial charge in [0.2, 0.25) is 0 Å². The third kappa shape index (κ3) is 1.63. The third-order valence-corrected chi connectivity index (χ3v) is 4.31. The van der Waals surface area contributed by atoms with Gasteiger partial charge >= 0.3 is 0 Å². The van der Waals surface area contributed by atoms with Crippen molar-refractivity contribution in [2.24, 2.45) is 0 Å². The van der Waals surface area contributed by atoms with E-state index in [0.29, 0.717) is 0 Å². The van der Waals surface area contributed by atoms with E-state index in [1.54, 1.807) is 7.11 Å². The Bertz CT molecular complexity index is 550. The molecule has 0 saturated heterocycles. The summed E-state index contributed by atoms with van der Waals surface area (Å²) in [5, 5.41) is 0. The highest BCUT2D eigenvalue weighted by atomic mass is 79.9. The first kappa shape index (κ1) is 11.0. The van der Waals surface area contributed by atoms with Gasteiger partial charge in [-0.1, -0.05) is 64.5 Å². The smallest absolute Gasteiger partial charge is 0.0993 e. The monoisotopic (exact) mass is 288 g/mol. The standard InChI is InChI=1S/C15H13BrO/c1-17-15-13-9-5-3-7-11(13)10-6-2-4-8-12(10)14(15)16/h2-9,14-15H,1H3. The molecule has 0 N–H and O–H groups in total. The summed E-state index contributed by atoms with van der Waals surface area (Å²) in [5.41, 5.74) is 5.15. The molecule has 2 heteroatoms. The Hall–Kier alpha value is -1.12. The molecule has 1 aliphatic carbocycles. The Labute approximate surface area is 110 Å². The average molecular weight is 289 g/mol. The summed E-state index contributed by atoms with van der Waals surface area (Å²) in [5.74, 6) is 0. The van der Waals surface area contributed by atoms with Crippen LogP contribution in [0.15, 0.2) is 48.5 Å². The van der Waals surface area contributed by atoms with Gasteiger partial charge in [0.05, 0.1) is 10.9 Å². The van der Waals surface area contributed by atoms with Gasteiger partial charge in [0.15, 0.2) is 0 Å². The SMILES string of the molecule is COC1c2ccccc2-c2ccccc2C1Br. The summed E-state index contributed by atoms with van der Waals surface area (Å²) in [4.78, 5) is 0.221. The number of halogens is 1. The van der Waals surface area contributed by atoms with Crippen molar-refractivity contribution in [2.45, 2.75) is 10.9 Å². The molecule has 3 rings (SSSR count). The lowest BCUT2D eigenvalue weighted by Gasteiger charge is -2.31. The third-order valence-electron chi connectivity index (χ3n) is 3.34. The van der Waals surface area contributed by atoms with Crippen LogP contribution < -0.4 is 0 Å². The predicted molar refractivity (Wildman–Crippen MR) is 73.3 cm³/mol. The molecule has 0 spiro atoms. The molecule has 2 unspecified atom stereocenters. The number of hydrogen-bond donors (Lipinski definition) is 0. The molecule has 2 atom stereocenters. The molecule has 17 heavy (non-hydrogen) atoms. The van der Waals surface area contributed by atoms with Crippen molar-refractivity contribution in [3.8, 4) is 11.1 Å². The van der Waals surface area contributed by atoms with Crippen LogP contribution in [0.1, 0.15) is 22.1 Å². The van der Waals surface area contributed by atoms with Crippen molar-refractivity contribution < 1.29 is 4.74 Å². The molecule has 0 aliphatic heterocycles. The highest BCUT2D eigenvalue weighted by Gasteiger charge is 2.31. The fraction of sp³-hybridized carbons (Fsp3) is 0.200. The first-order valence-electron chi connectivity index (χ1n) is 5.68. The highest BCUT2D eigenvalue weighted by molar-refractivity contribution is 9.09. The van der Waals surface area contributed by atoms with Crippen LogP contribution in [0.5, 0.6) is 0 Å². The van der Waals surface area contributed by atoms with E-state index >= 15 is 0 Å². The van der Waals surface area contributed by atoms with Crippen LogP contribution >= 0.6 is 15.9 Å². The zero-order chi connectivity index (χ0) is 11.8. The second-order valence-corrected chi connectivity index (χ2v) is 5.22. The van der Waals surface area contributed by atoms with Gasteiger partial charge in [0, 0.05) is 7.11 Å². The highest BCUT2D eigenvalue weighted by Crippen LogP contribution is 2.49. The molecule has 0 fully saturated rings. The molecule has 2 aromatic rings. The van der Waals surface area contributed by atoms with Crippen molar-refractivity contribution in [1.29, 1.82) is 0 Å². The van der Waals surface area contributed by atoms with Crippen LogP contribution in [0.4, 0.5) is 0 Å². The lowest BCUT2D eigenvalue weighted by atomic mass is 9.84. The van der Waals surface area contributed by atoms with E-state index in [4.69, 9.17) is 4.74 Å². The molecule has 1 nitrogen and oxygen atoms in total. The van der Waals surface area contributed by atoms with Crippen molar-refractivity contribution in [3.63, 3.8) is 0 Å². The largest absolute Gasteiger partial charge is 0.375 e. The van der Waals surface area contributed by atoms with Gasteiger partial charge in [-0.3, -0.25) is 0 Å². The Morgan fingerprint density at radius 3 is 2.06 bits per heavy atom. The van der Waals surface area contributed by atoms with Gasteiger partial charge in [-0.05, 0) is 22.3 Å². The van der Waals surface area contributed by atoms with E-state index in [-0.39, 0.29) is 10.9 Å². The van der Waals surface area contributed by atoms with Crippen molar-refractivity contribution >= 4 is 15.9 Å². The van der Waals surface area contributed by atoms with Crippen LogP contribution in [0, 0.1) is 0 Å². The Morgan fingerprint density at radius 2 is 1.41 bits per heavy atom. The fourth-order valence-corrected chi connectivity index (χ4v) is 3.44. The van der Waals surface area contributed by atoms with E-state index < -0.39 is 0 Å². The maximum atomic E-state index is 5.64. The molecule has 0 aromatic heterocycles. The minimum Gasteiger partial charge on any atom is -0.375 e. The minimum atomic E-state index is 0.0844. The summed E-state index contributed by atoms with van der Waals surface area (Å²) >= 11 is 3.76. The summed E-state index contributed by atoms with van der Waals surface area (Å²) in [6, 6.07) is 17.0. The topological polar surface area (TPSA) is 9.23 Å². The molecular weight excluding hydrogens is 276 g/mol. The van der Waals surface area contributed by atoms with Crippen LogP contribution in [-0.2, 0) is 4.74 Å². The van der Waals surface area contributed by atoms with Crippen molar-refractivity contribution in [1.82, 2.24) is 0 Å². The van der Waals surface area contributed by atoms with Gasteiger partial charge in [-0.15, -0.1) is 0 Å². The number of hydrogen-bond acceptors (Lipinski definition) is 1. The number of ether oxygens (including phenoxy) is 1. The number of alkyl halides is 1. The predicted octanol–water partition coefficient (Wildman–Crippen LogP) is 4.49. The molecule has 0 saturated carbocycles. The number of methoxy groups -OCH3 is 1. The second-order valence-electron chi connectivity index (χ2n) is 4.23. The Morgan fingerprint density at radius 1 is 0.882 bits per heavy atom. The van der Waals surface area contributed by atoms with Crippen molar-refractivity contribution in [3.05, 3.63) is 59.7 Å². The molecule has 1 aliphatic rings. The van der Waals surface area contributed by atoms with E-state index in [1.165, 1.54) is 22.3 Å². The maximum absolute atomic E-state index is 5.64. The summed E-state index contributed by atoms with van der Waals surface area (Å²) < 4.78 is 5.64. The summed E-state index contributed by atoms with van der Waals surface area (Å²) in [6.45, 7) is 0. The zero-order valence-corrected chi connectivity index (χ0v) is 11.1. The van der Waals surface area contributed by atoms with Gasteiger partial charge < -0.3 is 4.74 Å². The van der Waals surface area contributed by atoms with Crippen LogP contribution in [0.3, 0.4) is 0 Å². The zero-order valence-electron chi connectivity index (χ0n) is 9.56. The summed E-state index contributed by atoms with van der Waals surface area (Å²) in [6.07, 6.45) is 0.0844. The Balaban J connectivity index is 2.29. The minimum absolute atomic E-state index is 0.0844. The van der Waals surface area contributed by atoms with E-state index in [0.717, 1.165) is 0 Å². The Kier molecular flexibility index (Phi) is 2.77. The van der Waals surface area contributed by atoms with Gasteiger partial charge in [0.1, 0.15) is 0 Å². The van der Waals surface area contributed by atoms with Gasteiger partial charge in [-0.2, -0.15) is 0 Å². The molecule has 0 amide bonds. The quantitative estimate of drug-likeness (QED) is 0.703. The maximum Gasteiger partial charge on any atom is 0.0993 e. The molecule has 0 radical (unpaired) electrons. The molecule has 0 bridgehead atoms. The summed E-state index contributed by atoms with van der Waals surface area (Å²) in [7, 11) is 1.77. The van der Waals surface area contributed by atoms with E-state index in [2.05, 4.69) is 64.5 Å². The lowest BCUT2D eigenvalue weighted by Crippen LogP contribution is -2.15. The van der Waals surface area contributed by atoms with Gasteiger partial charge in [-0.25, -0.2) is 0 Å². The number of fused-ring (bicyclic) bond motifs is 3. The first-order valence-corrected chi connectivity index (χ1v) is 6.59. The van der Waals surface area contributed by atoms with Crippen LogP contribution in [-0.4, -0.2) is 7.11 Å².